The van der Waals surface area contributed by atoms with Gasteiger partial charge >= 0.3 is 5.95 Å². The third-order valence-corrected chi connectivity index (χ3v) is 5.03. The highest BCUT2D eigenvalue weighted by Crippen LogP contribution is 2.33. The molecule has 8 nitrogen and oxygen atoms in total. The third-order valence-electron chi connectivity index (χ3n) is 3.80. The standard InChI is InChI=1S/C18H11Cl2N5O3S/c19-11-3-1-10(2-4-11)16(26)22-23-18-21-14(9-29-18)15-17(27)28-24-25(15)13-7-5-12(20)6-8-13/h1-9,24,27H. The lowest BCUT2D eigenvalue weighted by molar-refractivity contribution is 0.0461. The molecule has 0 saturated carbocycles. The predicted molar refractivity (Wildman–Crippen MR) is 110 cm³/mol. The molecule has 0 radical (unpaired) electrons. The van der Waals surface area contributed by atoms with Crippen molar-refractivity contribution in [1.82, 2.24) is 10.6 Å². The lowest BCUT2D eigenvalue weighted by Gasteiger charge is -2.17. The summed E-state index contributed by atoms with van der Waals surface area (Å²) in [6.45, 7) is 0. The van der Waals surface area contributed by atoms with E-state index in [2.05, 4.69) is 20.8 Å². The molecule has 0 fully saturated rings. The number of carbonyl (C=O) groups is 1. The Morgan fingerprint density at radius 3 is 2.45 bits per heavy atom. The summed E-state index contributed by atoms with van der Waals surface area (Å²) in [7, 11) is 0. The number of anilines is 1. The Hall–Kier alpha value is -2.98. The van der Waals surface area contributed by atoms with Gasteiger partial charge in [0.2, 0.25) is 5.13 Å². The summed E-state index contributed by atoms with van der Waals surface area (Å²) in [5, 5.41) is 22.2. The number of hydrazine groups is 1. The van der Waals surface area contributed by atoms with Crippen molar-refractivity contribution in [3.05, 3.63) is 81.2 Å². The topological polar surface area (TPSA) is 99.4 Å². The molecule has 2 N–H and O–H groups in total. The highest BCUT2D eigenvalue weighted by molar-refractivity contribution is 7.13. The van der Waals surface area contributed by atoms with Crippen LogP contribution in [-0.4, -0.2) is 16.0 Å². The number of halogens is 2. The summed E-state index contributed by atoms with van der Waals surface area (Å²) in [6.07, 6.45) is 0. The minimum Gasteiger partial charge on any atom is -0.478 e. The molecule has 1 aliphatic heterocycles. The lowest BCUT2D eigenvalue weighted by Crippen LogP contribution is -2.30. The molecule has 1 aromatic heterocycles. The number of aliphatic hydroxyl groups is 1. The van der Waals surface area contributed by atoms with Crippen molar-refractivity contribution in [1.29, 1.82) is 0 Å². The van der Waals surface area contributed by atoms with E-state index >= 15 is 0 Å². The molecule has 1 amide bonds. The van der Waals surface area contributed by atoms with Crippen molar-refractivity contribution in [2.45, 2.75) is 0 Å². The van der Waals surface area contributed by atoms with E-state index in [9.17, 15) is 9.90 Å². The zero-order chi connectivity index (χ0) is 20.4. The number of amides is 1. The molecule has 0 saturated heterocycles. The number of nitrogens with one attached hydrogen (secondary N) is 1. The number of rotatable bonds is 4. The van der Waals surface area contributed by atoms with E-state index in [1.807, 2.05) is 0 Å². The van der Waals surface area contributed by atoms with E-state index in [-0.39, 0.29) is 16.8 Å². The first kappa shape index (κ1) is 19.3. The minimum atomic E-state index is -0.519. The van der Waals surface area contributed by atoms with Crippen LogP contribution in [0.1, 0.15) is 16.1 Å². The van der Waals surface area contributed by atoms with E-state index in [0.29, 0.717) is 27.0 Å². The Bertz CT molecular complexity index is 1110. The van der Waals surface area contributed by atoms with Gasteiger partial charge in [-0.3, -0.25) is 4.79 Å². The van der Waals surface area contributed by atoms with Gasteiger partial charge in [-0.1, -0.05) is 28.8 Å². The molecule has 0 unspecified atom stereocenters. The smallest absolute Gasteiger partial charge is 0.327 e. The first-order valence-electron chi connectivity index (χ1n) is 8.10. The van der Waals surface area contributed by atoms with Gasteiger partial charge in [-0.25, -0.2) is 9.99 Å². The normalized spacial score (nSPS) is 13.9. The fraction of sp³-hybridized carbons (Fsp3) is 0. The second kappa shape index (κ2) is 8.18. The number of hydrogen-bond acceptors (Lipinski definition) is 8. The average molecular weight is 448 g/mol. The van der Waals surface area contributed by atoms with Crippen LogP contribution in [-0.2, 0) is 4.84 Å². The van der Waals surface area contributed by atoms with Crippen molar-refractivity contribution < 1.29 is 14.7 Å². The number of hydrogen-bond donors (Lipinski definition) is 2. The minimum absolute atomic E-state index is 0.241. The third kappa shape index (κ3) is 4.22. The van der Waals surface area contributed by atoms with Gasteiger partial charge in [0.25, 0.3) is 5.91 Å². The van der Waals surface area contributed by atoms with Gasteiger partial charge in [-0.05, 0) is 48.5 Å². The molecule has 2 aromatic carbocycles. The molecular formula is C18H11Cl2N5O3S. The average Bonchev–Trinajstić information content (AvgIpc) is 3.33. The van der Waals surface area contributed by atoms with Crippen LogP contribution in [0.4, 0.5) is 10.8 Å². The molecule has 0 spiro atoms. The molecule has 29 heavy (non-hydrogen) atoms. The number of benzene rings is 2. The van der Waals surface area contributed by atoms with Crippen molar-refractivity contribution in [3.63, 3.8) is 0 Å². The number of aromatic nitrogens is 1. The van der Waals surface area contributed by atoms with Crippen molar-refractivity contribution >= 4 is 57.0 Å². The van der Waals surface area contributed by atoms with Crippen LogP contribution in [0.3, 0.4) is 0 Å². The quantitative estimate of drug-likeness (QED) is 0.511. The maximum Gasteiger partial charge on any atom is 0.327 e. The van der Waals surface area contributed by atoms with Crippen LogP contribution in [0, 0.1) is 0 Å². The second-order valence-electron chi connectivity index (χ2n) is 5.69. The number of azo groups is 1. The fourth-order valence-electron chi connectivity index (χ4n) is 2.43. The van der Waals surface area contributed by atoms with E-state index in [4.69, 9.17) is 28.0 Å². The molecule has 0 atom stereocenters. The SMILES string of the molecule is O=C(N=Nc1nc(C2=C(O)ONN2c2ccc(Cl)cc2)cs1)c1ccc(Cl)cc1. The van der Waals surface area contributed by atoms with Crippen LogP contribution < -0.4 is 10.6 Å². The summed E-state index contributed by atoms with van der Waals surface area (Å²) in [4.78, 5) is 21.4. The first-order valence-corrected chi connectivity index (χ1v) is 9.74. The Kier molecular flexibility index (Phi) is 5.45. The molecular weight excluding hydrogens is 437 g/mol. The lowest BCUT2D eigenvalue weighted by atomic mass is 10.2. The molecule has 11 heteroatoms. The molecule has 146 valence electrons. The number of carbonyl (C=O) groups excluding carboxylic acids is 1. The van der Waals surface area contributed by atoms with Gasteiger partial charge in [-0.15, -0.1) is 21.6 Å². The number of thiazole rings is 1. The molecule has 0 bridgehead atoms. The van der Waals surface area contributed by atoms with Crippen LogP contribution >= 0.6 is 34.5 Å². The molecule has 3 aromatic rings. The summed E-state index contributed by atoms with van der Waals surface area (Å²) < 4.78 is 0. The number of nitrogens with zero attached hydrogens (tertiary/aromatic N) is 4. The van der Waals surface area contributed by atoms with Crippen LogP contribution in [0.25, 0.3) is 5.70 Å². The van der Waals surface area contributed by atoms with E-state index < -0.39 is 5.91 Å². The Balaban J connectivity index is 1.54. The molecule has 4 rings (SSSR count). The van der Waals surface area contributed by atoms with Gasteiger partial charge < -0.3 is 9.94 Å². The maximum atomic E-state index is 12.1. The Labute approximate surface area is 178 Å². The monoisotopic (exact) mass is 447 g/mol. The predicted octanol–water partition coefficient (Wildman–Crippen LogP) is 5.51. The van der Waals surface area contributed by atoms with E-state index in [1.54, 1.807) is 53.9 Å². The zero-order valence-electron chi connectivity index (χ0n) is 14.4. The summed E-state index contributed by atoms with van der Waals surface area (Å²) >= 11 is 12.9. The van der Waals surface area contributed by atoms with Crippen molar-refractivity contribution in [2.24, 2.45) is 10.2 Å². The Morgan fingerprint density at radius 1 is 1.10 bits per heavy atom. The first-order chi connectivity index (χ1) is 14.0. The van der Waals surface area contributed by atoms with E-state index in [1.165, 1.54) is 5.01 Å². The fourth-order valence-corrected chi connectivity index (χ4v) is 3.30. The second-order valence-corrected chi connectivity index (χ2v) is 7.40. The summed E-state index contributed by atoms with van der Waals surface area (Å²) in [6, 6.07) is 13.2. The van der Waals surface area contributed by atoms with Gasteiger partial charge in [0.1, 0.15) is 5.69 Å². The molecule has 2 heterocycles. The van der Waals surface area contributed by atoms with Crippen LogP contribution in [0.15, 0.2) is 70.1 Å². The maximum absolute atomic E-state index is 12.1. The van der Waals surface area contributed by atoms with Gasteiger partial charge in [0.05, 0.1) is 5.69 Å². The van der Waals surface area contributed by atoms with Gasteiger partial charge in [0, 0.05) is 21.0 Å². The van der Waals surface area contributed by atoms with Gasteiger partial charge in [-0.2, -0.15) is 0 Å². The Morgan fingerprint density at radius 2 is 1.76 bits per heavy atom. The van der Waals surface area contributed by atoms with Crippen molar-refractivity contribution in [2.75, 3.05) is 5.01 Å². The highest BCUT2D eigenvalue weighted by atomic mass is 35.5. The van der Waals surface area contributed by atoms with Crippen LogP contribution in [0.2, 0.25) is 10.0 Å². The summed E-state index contributed by atoms with van der Waals surface area (Å²) in [5.74, 6) is -0.875. The number of aliphatic hydroxyl groups excluding tert-OH is 1. The van der Waals surface area contributed by atoms with Gasteiger partial charge in [0.15, 0.2) is 5.70 Å². The van der Waals surface area contributed by atoms with E-state index in [0.717, 1.165) is 11.3 Å². The summed E-state index contributed by atoms with van der Waals surface area (Å²) in [5.41, 5.74) is 4.29. The molecule has 1 aliphatic rings. The zero-order valence-corrected chi connectivity index (χ0v) is 16.7. The largest absolute Gasteiger partial charge is 0.478 e. The molecule has 0 aliphatic carbocycles. The highest BCUT2D eigenvalue weighted by Gasteiger charge is 2.29. The van der Waals surface area contributed by atoms with Crippen molar-refractivity contribution in [3.8, 4) is 0 Å². The van der Waals surface area contributed by atoms with Crippen LogP contribution in [0.5, 0.6) is 0 Å².